The van der Waals surface area contributed by atoms with E-state index in [0.717, 1.165) is 11.8 Å². The Kier molecular flexibility index (Phi) is 3.85. The van der Waals surface area contributed by atoms with Gasteiger partial charge in [0.1, 0.15) is 6.10 Å². The van der Waals surface area contributed by atoms with Crippen molar-refractivity contribution < 1.29 is 9.53 Å². The van der Waals surface area contributed by atoms with Crippen LogP contribution >= 0.6 is 0 Å². The Bertz CT molecular complexity index is 378. The van der Waals surface area contributed by atoms with Gasteiger partial charge in [-0.1, -0.05) is 34.1 Å². The summed E-state index contributed by atoms with van der Waals surface area (Å²) < 4.78 is 5.83. The van der Waals surface area contributed by atoms with Gasteiger partial charge in [-0.25, -0.2) is 0 Å². The molecule has 3 fully saturated rings. The van der Waals surface area contributed by atoms with E-state index in [1.54, 1.807) is 0 Å². The van der Waals surface area contributed by atoms with E-state index in [-0.39, 0.29) is 18.0 Å². The van der Waals surface area contributed by atoms with E-state index in [0.29, 0.717) is 23.7 Å². The highest BCUT2D eigenvalue weighted by Crippen LogP contribution is 2.50. The lowest BCUT2D eigenvalue weighted by atomic mass is 9.62. The first-order chi connectivity index (χ1) is 9.47. The van der Waals surface area contributed by atoms with Crippen molar-refractivity contribution in [2.45, 2.75) is 65.9 Å². The Morgan fingerprint density at radius 1 is 0.850 bits per heavy atom. The molecule has 20 heavy (non-hydrogen) atoms. The second-order valence-electron chi connectivity index (χ2n) is 8.20. The molecule has 0 radical (unpaired) electrons. The molecular weight excluding hydrogens is 248 g/mol. The van der Waals surface area contributed by atoms with Crippen molar-refractivity contribution in [3.63, 3.8) is 0 Å². The third-order valence-electron chi connectivity index (χ3n) is 6.38. The molecule has 8 unspecified atom stereocenters. The van der Waals surface area contributed by atoms with E-state index in [9.17, 15) is 4.79 Å². The third kappa shape index (κ3) is 2.40. The number of ether oxygens (including phenoxy) is 1. The Hall–Kier alpha value is -0.530. The smallest absolute Gasteiger partial charge is 0.309 e. The first-order valence-electron chi connectivity index (χ1n) is 8.67. The number of carbonyl (C=O) groups excluding carboxylic acids is 1. The molecule has 8 atom stereocenters. The largest absolute Gasteiger partial charge is 0.462 e. The van der Waals surface area contributed by atoms with Crippen molar-refractivity contribution in [1.82, 2.24) is 0 Å². The zero-order chi connectivity index (χ0) is 14.4. The highest BCUT2D eigenvalue weighted by Gasteiger charge is 2.53. The van der Waals surface area contributed by atoms with E-state index in [4.69, 9.17) is 4.74 Å². The topological polar surface area (TPSA) is 26.3 Å². The maximum atomic E-state index is 12.5. The number of hydrogen-bond acceptors (Lipinski definition) is 2. The van der Waals surface area contributed by atoms with Crippen molar-refractivity contribution in [3.8, 4) is 0 Å². The van der Waals surface area contributed by atoms with Gasteiger partial charge in [-0.05, 0) is 55.3 Å². The average Bonchev–Trinajstić information content (AvgIpc) is 2.67. The van der Waals surface area contributed by atoms with Gasteiger partial charge in [-0.15, -0.1) is 0 Å². The molecule has 0 N–H and O–H groups in total. The molecule has 2 heteroatoms. The number of rotatable bonds is 1. The fourth-order valence-electron chi connectivity index (χ4n) is 5.54. The molecule has 0 aromatic rings. The predicted molar refractivity (Wildman–Crippen MR) is 80.1 cm³/mol. The SMILES string of the molecule is CC1CCC(C2C(=O)OC3C(C)CC(C)CC32)C(C)C1. The Morgan fingerprint density at radius 3 is 2.25 bits per heavy atom. The summed E-state index contributed by atoms with van der Waals surface area (Å²) >= 11 is 0. The number of fused-ring (bicyclic) bond motifs is 1. The molecule has 3 aliphatic rings. The minimum atomic E-state index is 0.132. The van der Waals surface area contributed by atoms with E-state index in [1.165, 1.54) is 32.1 Å². The molecule has 0 bridgehead atoms. The molecule has 0 aromatic carbocycles. The summed E-state index contributed by atoms with van der Waals surface area (Å²) in [6.07, 6.45) is 6.45. The minimum absolute atomic E-state index is 0.132. The van der Waals surface area contributed by atoms with Crippen LogP contribution in [0.1, 0.15) is 59.8 Å². The van der Waals surface area contributed by atoms with Gasteiger partial charge in [0.05, 0.1) is 5.92 Å². The fourth-order valence-corrected chi connectivity index (χ4v) is 5.54. The van der Waals surface area contributed by atoms with E-state index in [1.807, 2.05) is 0 Å². The number of hydrogen-bond donors (Lipinski definition) is 0. The summed E-state index contributed by atoms with van der Waals surface area (Å²) in [6, 6.07) is 0. The van der Waals surface area contributed by atoms with Crippen LogP contribution in [0.15, 0.2) is 0 Å². The zero-order valence-electron chi connectivity index (χ0n) is 13.5. The molecule has 1 heterocycles. The van der Waals surface area contributed by atoms with Crippen molar-refractivity contribution in [3.05, 3.63) is 0 Å². The summed E-state index contributed by atoms with van der Waals surface area (Å²) in [5, 5.41) is 0. The summed E-state index contributed by atoms with van der Waals surface area (Å²) in [7, 11) is 0. The van der Waals surface area contributed by atoms with Gasteiger partial charge in [0.25, 0.3) is 0 Å². The van der Waals surface area contributed by atoms with Crippen molar-refractivity contribution >= 4 is 5.97 Å². The van der Waals surface area contributed by atoms with Crippen molar-refractivity contribution in [2.24, 2.45) is 41.4 Å². The lowest BCUT2D eigenvalue weighted by molar-refractivity contribution is -0.148. The summed E-state index contributed by atoms with van der Waals surface area (Å²) in [4.78, 5) is 12.5. The standard InChI is InChI=1S/C18H30O2/c1-10-5-6-14(12(3)7-10)16-15-9-11(2)8-13(4)17(15)20-18(16)19/h10-17H,5-9H2,1-4H3. The number of esters is 1. The molecule has 0 spiro atoms. The van der Waals surface area contributed by atoms with Crippen LogP contribution in [0.25, 0.3) is 0 Å². The van der Waals surface area contributed by atoms with Gasteiger partial charge in [0.15, 0.2) is 0 Å². The van der Waals surface area contributed by atoms with Crippen LogP contribution in [0, 0.1) is 41.4 Å². The Morgan fingerprint density at radius 2 is 1.55 bits per heavy atom. The van der Waals surface area contributed by atoms with Crippen LogP contribution in [0.2, 0.25) is 0 Å². The first kappa shape index (κ1) is 14.4. The maximum Gasteiger partial charge on any atom is 0.309 e. The predicted octanol–water partition coefficient (Wildman–Crippen LogP) is 4.28. The van der Waals surface area contributed by atoms with Gasteiger partial charge in [0, 0.05) is 5.92 Å². The molecule has 0 amide bonds. The summed E-state index contributed by atoms with van der Waals surface area (Å²) in [5.74, 6) is 4.23. The fraction of sp³-hybridized carbons (Fsp3) is 0.944. The van der Waals surface area contributed by atoms with Gasteiger partial charge in [-0.2, -0.15) is 0 Å². The molecule has 2 saturated carbocycles. The Balaban J connectivity index is 1.80. The highest BCUT2D eigenvalue weighted by molar-refractivity contribution is 5.76. The van der Waals surface area contributed by atoms with E-state index in [2.05, 4.69) is 27.7 Å². The van der Waals surface area contributed by atoms with Crippen molar-refractivity contribution in [2.75, 3.05) is 0 Å². The quantitative estimate of drug-likeness (QED) is 0.669. The number of carbonyl (C=O) groups is 1. The molecule has 1 saturated heterocycles. The van der Waals surface area contributed by atoms with E-state index >= 15 is 0 Å². The lowest BCUT2D eigenvalue weighted by Crippen LogP contribution is -2.39. The summed E-state index contributed by atoms with van der Waals surface area (Å²) in [6.45, 7) is 9.33. The minimum Gasteiger partial charge on any atom is -0.462 e. The lowest BCUT2D eigenvalue weighted by Gasteiger charge is -2.40. The van der Waals surface area contributed by atoms with Gasteiger partial charge >= 0.3 is 5.97 Å². The maximum absolute atomic E-state index is 12.5. The highest BCUT2D eigenvalue weighted by atomic mass is 16.6. The molecule has 0 aromatic heterocycles. The van der Waals surface area contributed by atoms with Crippen LogP contribution in [0.5, 0.6) is 0 Å². The first-order valence-corrected chi connectivity index (χ1v) is 8.67. The normalized spacial score (nSPS) is 52.5. The average molecular weight is 278 g/mol. The summed E-state index contributed by atoms with van der Waals surface area (Å²) in [5.41, 5.74) is 0. The van der Waals surface area contributed by atoms with Gasteiger partial charge in [-0.3, -0.25) is 4.79 Å². The van der Waals surface area contributed by atoms with Crippen LogP contribution in [0.4, 0.5) is 0 Å². The molecule has 3 rings (SSSR count). The van der Waals surface area contributed by atoms with E-state index < -0.39 is 0 Å². The van der Waals surface area contributed by atoms with Crippen LogP contribution in [-0.2, 0) is 9.53 Å². The molecular formula is C18H30O2. The molecule has 114 valence electrons. The van der Waals surface area contributed by atoms with Gasteiger partial charge in [0.2, 0.25) is 0 Å². The zero-order valence-corrected chi connectivity index (χ0v) is 13.5. The molecule has 2 aliphatic carbocycles. The monoisotopic (exact) mass is 278 g/mol. The Labute approximate surface area is 123 Å². The van der Waals surface area contributed by atoms with Crippen LogP contribution < -0.4 is 0 Å². The van der Waals surface area contributed by atoms with Gasteiger partial charge < -0.3 is 4.74 Å². The second kappa shape index (κ2) is 5.35. The second-order valence-corrected chi connectivity index (χ2v) is 8.20. The van der Waals surface area contributed by atoms with Crippen molar-refractivity contribution in [1.29, 1.82) is 0 Å². The third-order valence-corrected chi connectivity index (χ3v) is 6.38. The molecule has 1 aliphatic heterocycles. The van der Waals surface area contributed by atoms with Crippen LogP contribution in [-0.4, -0.2) is 12.1 Å². The van der Waals surface area contributed by atoms with Crippen LogP contribution in [0.3, 0.4) is 0 Å². The molecule has 2 nitrogen and oxygen atoms in total.